The lowest BCUT2D eigenvalue weighted by molar-refractivity contribution is 0.346. The number of nitrogens with zero attached hydrogens (tertiary/aromatic N) is 4. The van der Waals surface area contributed by atoms with Crippen molar-refractivity contribution >= 4 is 32.4 Å². The Balaban J connectivity index is 1.46. The third-order valence-corrected chi connectivity index (χ3v) is 8.39. The molecule has 10 heteroatoms. The summed E-state index contributed by atoms with van der Waals surface area (Å²) in [6.45, 7) is 1.11. The second-order valence-electron chi connectivity index (χ2n) is 8.74. The molecule has 0 unspecified atom stereocenters. The highest BCUT2D eigenvalue weighted by molar-refractivity contribution is 7.89. The number of fused-ring (bicyclic) bond motifs is 1. The Morgan fingerprint density at radius 2 is 1.88 bits per heavy atom. The largest absolute Gasteiger partial charge is 0.338 e. The number of hydrogen-bond donors (Lipinski definition) is 2. The van der Waals surface area contributed by atoms with Crippen LogP contribution in [0.15, 0.2) is 46.2 Å². The molecule has 1 aliphatic carbocycles. The number of anilines is 2. The molecule has 1 saturated carbocycles. The van der Waals surface area contributed by atoms with Crippen LogP contribution >= 0.6 is 0 Å². The van der Waals surface area contributed by atoms with Crippen LogP contribution < -0.4 is 10.9 Å². The number of hydrogen-bond acceptors (Lipinski definition) is 6. The second-order valence-corrected chi connectivity index (χ2v) is 10.7. The molecule has 9 nitrogen and oxygen atoms in total. The molecule has 0 spiro atoms. The normalized spacial score (nSPS) is 18.2. The fourth-order valence-corrected chi connectivity index (χ4v) is 6.09. The van der Waals surface area contributed by atoms with Gasteiger partial charge in [0.2, 0.25) is 10.0 Å². The third kappa shape index (κ3) is 4.14. The van der Waals surface area contributed by atoms with Gasteiger partial charge in [0.05, 0.1) is 28.9 Å². The maximum Gasteiger partial charge on any atom is 0.261 e. The van der Waals surface area contributed by atoms with Gasteiger partial charge in [-0.25, -0.2) is 8.42 Å². The summed E-state index contributed by atoms with van der Waals surface area (Å²) in [7, 11) is -3.51. The highest BCUT2D eigenvalue weighted by Gasteiger charge is 2.34. The predicted molar refractivity (Wildman–Crippen MR) is 125 cm³/mol. The molecule has 5 rings (SSSR count). The summed E-state index contributed by atoms with van der Waals surface area (Å²) < 4.78 is 29.1. The molecule has 0 radical (unpaired) electrons. The van der Waals surface area contributed by atoms with Gasteiger partial charge in [0, 0.05) is 25.0 Å². The first-order valence-corrected chi connectivity index (χ1v) is 12.8. The number of rotatable bonds is 7. The van der Waals surface area contributed by atoms with Crippen LogP contribution in [0.25, 0.3) is 10.9 Å². The molecule has 33 heavy (non-hydrogen) atoms. The molecule has 1 atom stereocenters. The van der Waals surface area contributed by atoms with Crippen molar-refractivity contribution in [2.75, 3.05) is 18.4 Å². The molecular weight excluding hydrogens is 440 g/mol. The summed E-state index contributed by atoms with van der Waals surface area (Å²) in [4.78, 5) is 15.6. The molecule has 0 amide bonds. The average molecular weight is 467 g/mol. The van der Waals surface area contributed by atoms with Gasteiger partial charge in [-0.2, -0.15) is 14.7 Å². The Labute approximate surface area is 192 Å². The van der Waals surface area contributed by atoms with Crippen molar-refractivity contribution in [3.05, 3.63) is 46.9 Å². The maximum atomic E-state index is 12.9. The van der Waals surface area contributed by atoms with Crippen molar-refractivity contribution in [2.45, 2.75) is 49.5 Å². The Bertz CT molecular complexity index is 1360. The lowest BCUT2D eigenvalue weighted by atomic mass is 10.1. The van der Waals surface area contributed by atoms with Crippen molar-refractivity contribution < 1.29 is 8.42 Å². The van der Waals surface area contributed by atoms with Gasteiger partial charge in [-0.05, 0) is 61.9 Å². The molecule has 2 fully saturated rings. The zero-order chi connectivity index (χ0) is 23.0. The van der Waals surface area contributed by atoms with Gasteiger partial charge in [-0.3, -0.25) is 9.48 Å². The van der Waals surface area contributed by atoms with Crippen LogP contribution in [-0.2, 0) is 10.0 Å². The Morgan fingerprint density at radius 3 is 2.55 bits per heavy atom. The number of benzene rings is 1. The molecule has 3 heterocycles. The number of sulfonamides is 1. The molecule has 1 aromatic carbocycles. The molecule has 2 aromatic heterocycles. The molecule has 2 N–H and O–H groups in total. The van der Waals surface area contributed by atoms with Gasteiger partial charge in [0.1, 0.15) is 5.39 Å². The van der Waals surface area contributed by atoms with Gasteiger partial charge in [-0.1, -0.05) is 6.42 Å². The third-order valence-electron chi connectivity index (χ3n) is 6.48. The van der Waals surface area contributed by atoms with Crippen LogP contribution in [0.2, 0.25) is 0 Å². The van der Waals surface area contributed by atoms with Crippen LogP contribution in [0.4, 0.5) is 11.5 Å². The van der Waals surface area contributed by atoms with Gasteiger partial charge < -0.3 is 10.3 Å². The molecule has 2 aliphatic rings. The minimum atomic E-state index is -3.51. The van der Waals surface area contributed by atoms with Crippen LogP contribution in [0.5, 0.6) is 0 Å². The van der Waals surface area contributed by atoms with Crippen molar-refractivity contribution in [2.24, 2.45) is 5.92 Å². The number of aromatic nitrogens is 3. The first kappa shape index (κ1) is 21.7. The lowest BCUT2D eigenvalue weighted by Gasteiger charge is -2.25. The highest BCUT2D eigenvalue weighted by atomic mass is 32.2. The minimum absolute atomic E-state index is 0.0769. The predicted octanol–water partition coefficient (Wildman–Crippen LogP) is 3.51. The quantitative estimate of drug-likeness (QED) is 0.549. The first-order chi connectivity index (χ1) is 16.0. The van der Waals surface area contributed by atoms with Crippen LogP contribution in [-0.4, -0.2) is 40.6 Å². The van der Waals surface area contributed by atoms with E-state index in [2.05, 4.69) is 21.5 Å². The van der Waals surface area contributed by atoms with E-state index in [1.165, 1.54) is 0 Å². The minimum Gasteiger partial charge on any atom is -0.338 e. The van der Waals surface area contributed by atoms with Gasteiger partial charge in [0.15, 0.2) is 5.82 Å². The molecule has 1 aliphatic heterocycles. The van der Waals surface area contributed by atoms with Gasteiger partial charge in [0.25, 0.3) is 5.56 Å². The van der Waals surface area contributed by atoms with Crippen LogP contribution in [0, 0.1) is 17.2 Å². The monoisotopic (exact) mass is 466 g/mol. The van der Waals surface area contributed by atoms with E-state index in [9.17, 15) is 18.5 Å². The zero-order valence-electron chi connectivity index (χ0n) is 18.2. The van der Waals surface area contributed by atoms with Crippen molar-refractivity contribution in [3.63, 3.8) is 0 Å². The van der Waals surface area contributed by atoms with E-state index < -0.39 is 10.0 Å². The molecule has 3 aromatic rings. The van der Waals surface area contributed by atoms with E-state index in [0.29, 0.717) is 47.8 Å². The first-order valence-electron chi connectivity index (χ1n) is 11.3. The van der Waals surface area contributed by atoms with E-state index in [-0.39, 0.29) is 16.5 Å². The molecule has 172 valence electrons. The second kappa shape index (κ2) is 8.65. The van der Waals surface area contributed by atoms with Crippen molar-refractivity contribution in [3.8, 4) is 6.07 Å². The Morgan fingerprint density at radius 1 is 1.15 bits per heavy atom. The summed E-state index contributed by atoms with van der Waals surface area (Å²) in [6.07, 6.45) is 6.84. The molecule has 0 bridgehead atoms. The summed E-state index contributed by atoms with van der Waals surface area (Å²) in [5, 5.41) is 17.6. The Kier molecular flexibility index (Phi) is 5.68. The summed E-state index contributed by atoms with van der Waals surface area (Å²) in [6, 6.07) is 10.5. The summed E-state index contributed by atoms with van der Waals surface area (Å²) >= 11 is 0. The summed E-state index contributed by atoms with van der Waals surface area (Å²) in [5.41, 5.74) is 1.04. The molecule has 1 saturated heterocycles. The van der Waals surface area contributed by atoms with E-state index in [1.807, 2.05) is 0 Å². The zero-order valence-corrected chi connectivity index (χ0v) is 19.0. The summed E-state index contributed by atoms with van der Waals surface area (Å²) in [5.74, 6) is 0.779. The number of pyridine rings is 1. The van der Waals surface area contributed by atoms with E-state index in [1.54, 1.807) is 45.5 Å². The lowest BCUT2D eigenvalue weighted by Crippen LogP contribution is -2.35. The SMILES string of the molecule is N#CC[C@@H](C1CC1)n1nc(Nc2ccc(S(=O)(=O)N3CCCCC3)cc2)c2c(=O)[nH]ccc21. The number of nitriles is 1. The van der Waals surface area contributed by atoms with Crippen molar-refractivity contribution in [1.29, 1.82) is 5.26 Å². The fraction of sp³-hybridized carbons (Fsp3) is 0.435. The maximum absolute atomic E-state index is 12.9. The van der Waals surface area contributed by atoms with Crippen LogP contribution in [0.3, 0.4) is 0 Å². The van der Waals surface area contributed by atoms with Crippen molar-refractivity contribution in [1.82, 2.24) is 19.1 Å². The van der Waals surface area contributed by atoms with Gasteiger partial charge >= 0.3 is 0 Å². The fourth-order valence-electron chi connectivity index (χ4n) is 4.57. The number of aromatic amines is 1. The van der Waals surface area contributed by atoms with E-state index >= 15 is 0 Å². The highest BCUT2D eigenvalue weighted by Crippen LogP contribution is 2.43. The standard InChI is InChI=1S/C23H26N6O3S/c24-12-10-19(16-4-5-16)29-20-11-13-25-23(30)21(20)22(27-29)26-17-6-8-18(9-7-17)33(31,32)28-14-2-1-3-15-28/h6-9,11,13,16,19H,1-5,10,14-15H2,(H,25,30)(H,26,27)/t19-/m0/s1. The van der Waals surface area contributed by atoms with E-state index in [4.69, 9.17) is 0 Å². The molecular formula is C23H26N6O3S. The number of nitrogens with one attached hydrogen (secondary N) is 2. The smallest absolute Gasteiger partial charge is 0.261 e. The van der Waals surface area contributed by atoms with Crippen LogP contribution in [0.1, 0.15) is 44.6 Å². The van der Waals surface area contributed by atoms with E-state index in [0.717, 1.165) is 32.1 Å². The average Bonchev–Trinajstić information content (AvgIpc) is 3.61. The Hall–Kier alpha value is -3.16. The number of piperidine rings is 1. The topological polar surface area (TPSA) is 124 Å². The number of H-pyrrole nitrogens is 1. The van der Waals surface area contributed by atoms with Gasteiger partial charge in [-0.15, -0.1) is 0 Å².